The highest BCUT2D eigenvalue weighted by Crippen LogP contribution is 2.36. The highest BCUT2D eigenvalue weighted by molar-refractivity contribution is 5.95. The second kappa shape index (κ2) is 8.40. The Morgan fingerprint density at radius 1 is 1.07 bits per heavy atom. The first-order chi connectivity index (χ1) is 12.9. The van der Waals surface area contributed by atoms with Crippen molar-refractivity contribution in [2.24, 2.45) is 5.92 Å². The molecule has 1 aliphatic heterocycles. The van der Waals surface area contributed by atoms with Crippen LogP contribution in [0.2, 0.25) is 0 Å². The van der Waals surface area contributed by atoms with Crippen LogP contribution in [0, 0.1) is 5.92 Å². The van der Waals surface area contributed by atoms with Crippen molar-refractivity contribution < 1.29 is 35.9 Å². The van der Waals surface area contributed by atoms with E-state index in [0.29, 0.717) is 37.9 Å². The molecule has 1 N–H and O–H groups in total. The number of hydrogen-bond acceptors (Lipinski definition) is 2. The third-order valence-electron chi connectivity index (χ3n) is 4.46. The molecule has 1 aliphatic rings. The molecular weight excluding hydrogens is 390 g/mol. The van der Waals surface area contributed by atoms with E-state index in [9.17, 15) is 35.9 Å². The minimum Gasteiger partial charge on any atom is -0.356 e. The molecule has 4 nitrogen and oxygen atoms in total. The summed E-state index contributed by atoms with van der Waals surface area (Å²) in [5.74, 6) is -1.78. The van der Waals surface area contributed by atoms with E-state index in [2.05, 4.69) is 5.32 Å². The number of alkyl halides is 6. The van der Waals surface area contributed by atoms with Crippen LogP contribution < -0.4 is 5.32 Å². The fourth-order valence-electron chi connectivity index (χ4n) is 3.03. The summed E-state index contributed by atoms with van der Waals surface area (Å²) in [4.78, 5) is 25.8. The zero-order chi connectivity index (χ0) is 21.1. The number of benzene rings is 1. The SMILES string of the molecule is CCCNC(=O)C1CCCN(C(=O)c2cc(C(F)(F)F)cc(C(F)(F)F)c2)C1. The van der Waals surface area contributed by atoms with Crippen molar-refractivity contribution >= 4 is 11.8 Å². The zero-order valence-electron chi connectivity index (χ0n) is 15.1. The van der Waals surface area contributed by atoms with Gasteiger partial charge in [0.25, 0.3) is 5.91 Å². The first kappa shape index (κ1) is 22.0. The highest BCUT2D eigenvalue weighted by atomic mass is 19.4. The predicted molar refractivity (Wildman–Crippen MR) is 88.4 cm³/mol. The van der Waals surface area contributed by atoms with E-state index in [1.165, 1.54) is 0 Å². The Morgan fingerprint density at radius 3 is 2.14 bits per heavy atom. The van der Waals surface area contributed by atoms with Crippen molar-refractivity contribution in [3.8, 4) is 0 Å². The van der Waals surface area contributed by atoms with Gasteiger partial charge >= 0.3 is 12.4 Å². The van der Waals surface area contributed by atoms with Gasteiger partial charge in [-0.15, -0.1) is 0 Å². The van der Waals surface area contributed by atoms with E-state index in [-0.39, 0.29) is 25.1 Å². The summed E-state index contributed by atoms with van der Waals surface area (Å²) < 4.78 is 77.9. The van der Waals surface area contributed by atoms with Crippen molar-refractivity contribution in [2.45, 2.75) is 38.5 Å². The van der Waals surface area contributed by atoms with Crippen LogP contribution in [0.3, 0.4) is 0 Å². The van der Waals surface area contributed by atoms with Crippen LogP contribution in [0.15, 0.2) is 18.2 Å². The van der Waals surface area contributed by atoms with Crippen LogP contribution in [-0.2, 0) is 17.1 Å². The summed E-state index contributed by atoms with van der Waals surface area (Å²) >= 11 is 0. The van der Waals surface area contributed by atoms with Gasteiger partial charge in [-0.1, -0.05) is 6.92 Å². The van der Waals surface area contributed by atoms with Crippen LogP contribution >= 0.6 is 0 Å². The summed E-state index contributed by atoms with van der Waals surface area (Å²) in [5, 5.41) is 2.68. The number of likely N-dealkylation sites (tertiary alicyclic amines) is 1. The van der Waals surface area contributed by atoms with Crippen molar-refractivity contribution in [3.05, 3.63) is 34.9 Å². The second-order valence-corrected chi connectivity index (χ2v) is 6.68. The van der Waals surface area contributed by atoms with Gasteiger partial charge in [-0.25, -0.2) is 0 Å². The number of carbonyl (C=O) groups excluding carboxylic acids is 2. The van der Waals surface area contributed by atoms with Gasteiger partial charge in [-0.3, -0.25) is 9.59 Å². The van der Waals surface area contributed by atoms with Crippen LogP contribution in [0.4, 0.5) is 26.3 Å². The molecule has 2 amide bonds. The van der Waals surface area contributed by atoms with Crippen molar-refractivity contribution in [1.29, 1.82) is 0 Å². The van der Waals surface area contributed by atoms with Gasteiger partial charge in [-0.2, -0.15) is 26.3 Å². The minimum atomic E-state index is -5.03. The van der Waals surface area contributed by atoms with Gasteiger partial charge in [-0.05, 0) is 37.5 Å². The number of halogens is 6. The van der Waals surface area contributed by atoms with Gasteiger partial charge in [0.1, 0.15) is 0 Å². The van der Waals surface area contributed by atoms with Gasteiger partial charge < -0.3 is 10.2 Å². The molecule has 1 unspecified atom stereocenters. The number of amides is 2. The van der Waals surface area contributed by atoms with Gasteiger partial charge in [0.2, 0.25) is 5.91 Å². The van der Waals surface area contributed by atoms with E-state index in [0.717, 1.165) is 4.90 Å². The first-order valence-electron chi connectivity index (χ1n) is 8.80. The molecule has 1 aromatic rings. The molecule has 10 heteroatoms. The molecule has 0 aromatic heterocycles. The zero-order valence-corrected chi connectivity index (χ0v) is 15.1. The van der Waals surface area contributed by atoms with E-state index >= 15 is 0 Å². The Kier molecular flexibility index (Phi) is 6.61. The Hall–Kier alpha value is -2.26. The van der Waals surface area contributed by atoms with E-state index in [1.54, 1.807) is 0 Å². The van der Waals surface area contributed by atoms with E-state index in [4.69, 9.17) is 0 Å². The number of hydrogen-bond donors (Lipinski definition) is 1. The van der Waals surface area contributed by atoms with Gasteiger partial charge in [0.05, 0.1) is 17.0 Å². The smallest absolute Gasteiger partial charge is 0.356 e. The van der Waals surface area contributed by atoms with Crippen molar-refractivity contribution in [3.63, 3.8) is 0 Å². The van der Waals surface area contributed by atoms with Gasteiger partial charge in [0, 0.05) is 25.2 Å². The fraction of sp³-hybridized carbons (Fsp3) is 0.556. The standard InChI is InChI=1S/C18H20F6N2O2/c1-2-5-25-15(27)11-4-3-6-26(10-11)16(28)12-7-13(17(19,20)21)9-14(8-12)18(22,23)24/h7-9,11H,2-6,10H2,1H3,(H,25,27). The second-order valence-electron chi connectivity index (χ2n) is 6.68. The van der Waals surface area contributed by atoms with Crippen LogP contribution in [0.5, 0.6) is 0 Å². The molecule has 1 aromatic carbocycles. The Bertz CT molecular complexity index is 698. The minimum absolute atomic E-state index is 0.0199. The number of carbonyl (C=O) groups is 2. The molecule has 2 rings (SSSR count). The average molecular weight is 410 g/mol. The maximum absolute atomic E-state index is 13.0. The first-order valence-corrected chi connectivity index (χ1v) is 8.80. The molecule has 1 saturated heterocycles. The molecule has 0 aliphatic carbocycles. The summed E-state index contributed by atoms with van der Waals surface area (Å²) in [6, 6.07) is 0.810. The molecule has 0 bridgehead atoms. The molecule has 156 valence electrons. The quantitative estimate of drug-likeness (QED) is 0.760. The van der Waals surface area contributed by atoms with Crippen LogP contribution in [0.1, 0.15) is 47.7 Å². The molecule has 0 saturated carbocycles. The topological polar surface area (TPSA) is 49.4 Å². The maximum Gasteiger partial charge on any atom is 0.416 e. The molecule has 1 atom stereocenters. The number of nitrogens with zero attached hydrogens (tertiary/aromatic N) is 1. The molecule has 0 spiro atoms. The Labute approximate surface area is 157 Å². The third kappa shape index (κ3) is 5.39. The summed E-state index contributed by atoms with van der Waals surface area (Å²) in [6.45, 7) is 2.43. The van der Waals surface area contributed by atoms with Crippen LogP contribution in [-0.4, -0.2) is 36.3 Å². The number of rotatable bonds is 4. The highest BCUT2D eigenvalue weighted by Gasteiger charge is 2.38. The van der Waals surface area contributed by atoms with Gasteiger partial charge in [0.15, 0.2) is 0 Å². The molecule has 1 heterocycles. The molecule has 0 radical (unpaired) electrons. The normalized spacial score (nSPS) is 18.1. The lowest BCUT2D eigenvalue weighted by Gasteiger charge is -2.32. The number of piperidine rings is 1. The lowest BCUT2D eigenvalue weighted by atomic mass is 9.96. The summed E-state index contributed by atoms with van der Waals surface area (Å²) in [7, 11) is 0. The Balaban J connectivity index is 2.28. The maximum atomic E-state index is 13.0. The predicted octanol–water partition coefficient (Wildman–Crippen LogP) is 4.10. The van der Waals surface area contributed by atoms with Crippen LogP contribution in [0.25, 0.3) is 0 Å². The summed E-state index contributed by atoms with van der Waals surface area (Å²) in [5.41, 5.74) is -3.78. The summed E-state index contributed by atoms with van der Waals surface area (Å²) in [6.07, 6.45) is -8.41. The van der Waals surface area contributed by atoms with Crippen molar-refractivity contribution in [2.75, 3.05) is 19.6 Å². The lowest BCUT2D eigenvalue weighted by Crippen LogP contribution is -2.45. The van der Waals surface area contributed by atoms with Crippen molar-refractivity contribution in [1.82, 2.24) is 10.2 Å². The molecule has 28 heavy (non-hydrogen) atoms. The average Bonchev–Trinajstić information content (AvgIpc) is 2.63. The third-order valence-corrected chi connectivity index (χ3v) is 4.46. The monoisotopic (exact) mass is 410 g/mol. The van der Waals surface area contributed by atoms with E-state index < -0.39 is 40.9 Å². The Morgan fingerprint density at radius 2 is 1.64 bits per heavy atom. The van der Waals surface area contributed by atoms with E-state index in [1.807, 2.05) is 6.92 Å². The lowest BCUT2D eigenvalue weighted by molar-refractivity contribution is -0.143. The molecular formula is C18H20F6N2O2. The molecule has 1 fully saturated rings. The largest absolute Gasteiger partial charge is 0.416 e. The number of nitrogens with one attached hydrogen (secondary N) is 1. The fourth-order valence-corrected chi connectivity index (χ4v) is 3.03.